The number of carbonyl (C=O) groups is 5. The number of rotatable bonds is 19. The molecule has 1 aromatic heterocycles. The number of pyridine rings is 1. The molecule has 0 saturated carbocycles. The summed E-state index contributed by atoms with van der Waals surface area (Å²) in [7, 11) is 0. The Morgan fingerprint density at radius 2 is 1.22 bits per heavy atom. The number of hydrogen-bond acceptors (Lipinski definition) is 9. The summed E-state index contributed by atoms with van der Waals surface area (Å²) in [5.41, 5.74) is 7.81. The molecule has 14 heteroatoms. The van der Waals surface area contributed by atoms with Crippen molar-refractivity contribution in [2.75, 3.05) is 38.0 Å². The lowest BCUT2D eigenvalue weighted by atomic mass is 10.0. The lowest BCUT2D eigenvalue weighted by Gasteiger charge is -2.21. The van der Waals surface area contributed by atoms with Crippen LogP contribution in [0.4, 0.5) is 5.69 Å². The number of hydrogen-bond donors (Lipinski definition) is 6. The predicted molar refractivity (Wildman–Crippen MR) is 147 cm³/mol. The highest BCUT2D eigenvalue weighted by Crippen LogP contribution is 2.25. The van der Waals surface area contributed by atoms with E-state index in [2.05, 4.69) is 10.3 Å². The van der Waals surface area contributed by atoms with E-state index in [9.17, 15) is 44.4 Å². The van der Waals surface area contributed by atoms with E-state index in [1.165, 1.54) is 0 Å². The van der Waals surface area contributed by atoms with E-state index in [1.54, 1.807) is 36.4 Å². The fourth-order valence-corrected chi connectivity index (χ4v) is 4.14. The smallest absolute Gasteiger partial charge is 0.317 e. The number of carbonyl (C=O) groups excluding carboxylic acids is 1. The number of nitrogens with two attached hydrogens (primary N) is 1. The molecule has 0 atom stereocenters. The van der Waals surface area contributed by atoms with Gasteiger partial charge in [-0.25, -0.2) is 0 Å². The van der Waals surface area contributed by atoms with Crippen LogP contribution in [0.5, 0.6) is 0 Å². The second-order valence-electron chi connectivity index (χ2n) is 9.43. The van der Waals surface area contributed by atoms with E-state index < -0.39 is 50.1 Å². The minimum atomic E-state index is -1.23. The number of carboxylic acid groups (broad SMARTS) is 4. The van der Waals surface area contributed by atoms with Crippen molar-refractivity contribution in [1.29, 1.82) is 0 Å². The number of aliphatic carboxylic acids is 4. The summed E-state index contributed by atoms with van der Waals surface area (Å²) in [5.74, 6) is -5.09. The van der Waals surface area contributed by atoms with Crippen molar-refractivity contribution in [3.8, 4) is 11.1 Å². The molecule has 41 heavy (non-hydrogen) atoms. The molecule has 7 N–H and O–H groups in total. The van der Waals surface area contributed by atoms with Crippen molar-refractivity contribution in [2.45, 2.75) is 38.8 Å². The van der Waals surface area contributed by atoms with Crippen molar-refractivity contribution in [1.82, 2.24) is 14.8 Å². The molecule has 0 bridgehead atoms. The number of carboxylic acids is 4. The quantitative estimate of drug-likeness (QED) is 0.130. The molecule has 0 fully saturated rings. The highest BCUT2D eigenvalue weighted by Gasteiger charge is 2.19. The van der Waals surface area contributed by atoms with Crippen molar-refractivity contribution in [2.24, 2.45) is 5.73 Å². The summed E-state index contributed by atoms with van der Waals surface area (Å²) in [6.45, 7) is -2.01. The molecule has 14 nitrogen and oxygen atoms in total. The molecule has 222 valence electrons. The largest absolute Gasteiger partial charge is 0.480 e. The van der Waals surface area contributed by atoms with Gasteiger partial charge in [-0.05, 0) is 54.8 Å². The highest BCUT2D eigenvalue weighted by molar-refractivity contribution is 5.91. The molecular formula is C27H35N5O9. The number of unbranched alkanes of at least 4 members (excludes halogenated alkanes) is 2. The van der Waals surface area contributed by atoms with Crippen LogP contribution in [0.25, 0.3) is 11.1 Å². The van der Waals surface area contributed by atoms with Gasteiger partial charge < -0.3 is 31.5 Å². The van der Waals surface area contributed by atoms with E-state index in [4.69, 9.17) is 5.73 Å². The summed E-state index contributed by atoms with van der Waals surface area (Å²) in [6, 6.07) is 10.2. The van der Waals surface area contributed by atoms with Gasteiger partial charge in [0.25, 0.3) is 0 Å². The minimum Gasteiger partial charge on any atom is -0.480 e. The van der Waals surface area contributed by atoms with Gasteiger partial charge in [0, 0.05) is 25.2 Å². The second-order valence-corrected chi connectivity index (χ2v) is 9.43. The van der Waals surface area contributed by atoms with Crippen molar-refractivity contribution < 1.29 is 44.4 Å². The average Bonchev–Trinajstić information content (AvgIpc) is 2.85. The molecular weight excluding hydrogens is 538 g/mol. The Kier molecular flexibility index (Phi) is 13.3. The molecule has 0 saturated heterocycles. The van der Waals surface area contributed by atoms with E-state index in [0.29, 0.717) is 47.6 Å². The van der Waals surface area contributed by atoms with Crippen LogP contribution in [-0.4, -0.2) is 97.7 Å². The maximum Gasteiger partial charge on any atom is 0.317 e. The minimum absolute atomic E-state index is 0.156. The molecule has 0 spiro atoms. The van der Waals surface area contributed by atoms with Gasteiger partial charge in [-0.2, -0.15) is 0 Å². The molecule has 1 aromatic carbocycles. The van der Waals surface area contributed by atoms with E-state index >= 15 is 0 Å². The first-order valence-electron chi connectivity index (χ1n) is 12.9. The second kappa shape index (κ2) is 16.6. The Bertz CT molecular complexity index is 1150. The van der Waals surface area contributed by atoms with Gasteiger partial charge in [0.2, 0.25) is 5.91 Å². The topological polar surface area (TPSA) is 224 Å². The fourth-order valence-electron chi connectivity index (χ4n) is 4.14. The first-order chi connectivity index (χ1) is 19.4. The summed E-state index contributed by atoms with van der Waals surface area (Å²) < 4.78 is 0. The summed E-state index contributed by atoms with van der Waals surface area (Å²) >= 11 is 0. The summed E-state index contributed by atoms with van der Waals surface area (Å²) in [5, 5.41) is 39.7. The standard InChI is InChI=1S/C27H35N5O9/c28-8-3-1-2-7-23(33)30-20-6-4-5-18(9-20)19-10-21(12-31(14-24(34)35)15-25(36)37)29-22(11-19)13-32(16-26(38)39)17-27(40)41/h4-6,9-11H,1-3,7-8,12-17,28H2,(H,30,33)(H,34,35)(H,36,37)(H,38,39)(H,40,41). The Hall–Kier alpha value is -4.40. The number of nitrogens with one attached hydrogen (secondary N) is 1. The van der Waals surface area contributed by atoms with Gasteiger partial charge in [-0.3, -0.25) is 38.8 Å². The number of amides is 1. The van der Waals surface area contributed by atoms with Crippen LogP contribution in [0.3, 0.4) is 0 Å². The van der Waals surface area contributed by atoms with Gasteiger partial charge in [-0.1, -0.05) is 18.6 Å². The molecule has 0 aliphatic carbocycles. The molecule has 0 aliphatic rings. The Morgan fingerprint density at radius 3 is 1.68 bits per heavy atom. The third-order valence-corrected chi connectivity index (χ3v) is 5.73. The number of anilines is 1. The van der Waals surface area contributed by atoms with Crippen LogP contribution in [0.2, 0.25) is 0 Å². The van der Waals surface area contributed by atoms with Crippen LogP contribution in [-0.2, 0) is 37.1 Å². The molecule has 0 aliphatic heterocycles. The van der Waals surface area contributed by atoms with E-state index in [1.807, 2.05) is 0 Å². The maximum absolute atomic E-state index is 12.4. The molecule has 0 unspecified atom stereocenters. The van der Waals surface area contributed by atoms with Crippen LogP contribution < -0.4 is 11.1 Å². The summed E-state index contributed by atoms with van der Waals surface area (Å²) in [6.07, 6.45) is 2.71. The first kappa shape index (κ1) is 32.8. The lowest BCUT2D eigenvalue weighted by Crippen LogP contribution is -2.35. The third-order valence-electron chi connectivity index (χ3n) is 5.73. The Labute approximate surface area is 236 Å². The first-order valence-corrected chi connectivity index (χ1v) is 12.9. The zero-order valence-corrected chi connectivity index (χ0v) is 22.5. The normalized spacial score (nSPS) is 11.0. The van der Waals surface area contributed by atoms with Gasteiger partial charge in [-0.15, -0.1) is 0 Å². The molecule has 0 radical (unpaired) electrons. The lowest BCUT2D eigenvalue weighted by molar-refractivity contribution is -0.144. The van der Waals surface area contributed by atoms with Crippen molar-refractivity contribution in [3.05, 3.63) is 47.8 Å². The SMILES string of the molecule is NCCCCCC(=O)Nc1cccc(-c2cc(CN(CC(=O)O)CC(=O)O)nc(CN(CC(=O)O)CC(=O)O)c2)c1. The average molecular weight is 574 g/mol. The van der Waals surface area contributed by atoms with Gasteiger partial charge >= 0.3 is 23.9 Å². The monoisotopic (exact) mass is 573 g/mol. The van der Waals surface area contributed by atoms with Gasteiger partial charge in [0.15, 0.2) is 0 Å². The Morgan fingerprint density at radius 1 is 0.707 bits per heavy atom. The molecule has 1 heterocycles. The number of nitrogens with zero attached hydrogens (tertiary/aromatic N) is 3. The van der Waals surface area contributed by atoms with Gasteiger partial charge in [0.1, 0.15) is 0 Å². The maximum atomic E-state index is 12.4. The van der Waals surface area contributed by atoms with Crippen molar-refractivity contribution in [3.63, 3.8) is 0 Å². The number of benzene rings is 1. The zero-order valence-electron chi connectivity index (χ0n) is 22.5. The van der Waals surface area contributed by atoms with E-state index in [-0.39, 0.29) is 19.0 Å². The number of aromatic nitrogens is 1. The van der Waals surface area contributed by atoms with Crippen LogP contribution in [0.15, 0.2) is 36.4 Å². The molecule has 2 rings (SSSR count). The van der Waals surface area contributed by atoms with Crippen LogP contribution in [0, 0.1) is 0 Å². The molecule has 2 aromatic rings. The Balaban J connectivity index is 2.42. The fraction of sp³-hybridized carbons (Fsp3) is 0.407. The zero-order chi connectivity index (χ0) is 30.4. The van der Waals surface area contributed by atoms with E-state index in [0.717, 1.165) is 22.6 Å². The predicted octanol–water partition coefficient (Wildman–Crippen LogP) is 1.15. The van der Waals surface area contributed by atoms with Crippen LogP contribution in [0.1, 0.15) is 37.1 Å². The van der Waals surface area contributed by atoms with Crippen molar-refractivity contribution >= 4 is 35.5 Å². The third kappa shape index (κ3) is 13.0. The van der Waals surface area contributed by atoms with Gasteiger partial charge in [0.05, 0.1) is 37.6 Å². The molecule has 1 amide bonds. The highest BCUT2D eigenvalue weighted by atomic mass is 16.4. The van der Waals surface area contributed by atoms with Crippen LogP contribution >= 0.6 is 0 Å². The summed E-state index contributed by atoms with van der Waals surface area (Å²) in [4.78, 5) is 64.3.